The lowest BCUT2D eigenvalue weighted by molar-refractivity contribution is -0.124. The van der Waals surface area contributed by atoms with Crippen LogP contribution in [0.2, 0.25) is 0 Å². The van der Waals surface area contributed by atoms with Crippen molar-refractivity contribution in [1.82, 2.24) is 4.90 Å². The molecule has 104 valence electrons. The van der Waals surface area contributed by atoms with Gasteiger partial charge in [0.15, 0.2) is 0 Å². The van der Waals surface area contributed by atoms with Crippen molar-refractivity contribution in [2.45, 2.75) is 25.7 Å². The van der Waals surface area contributed by atoms with Crippen molar-refractivity contribution in [2.75, 3.05) is 13.1 Å². The molecule has 0 bridgehead atoms. The van der Waals surface area contributed by atoms with Gasteiger partial charge in [-0.2, -0.15) is 0 Å². The largest absolute Gasteiger partial charge is 0.339 e. The number of carbonyl (C=O) groups is 1. The van der Waals surface area contributed by atoms with E-state index in [1.165, 1.54) is 5.56 Å². The van der Waals surface area contributed by atoms with Crippen molar-refractivity contribution >= 4 is 22.5 Å². The van der Waals surface area contributed by atoms with Crippen molar-refractivity contribution in [1.29, 1.82) is 0 Å². The Morgan fingerprint density at radius 2 is 1.90 bits per heavy atom. The highest BCUT2D eigenvalue weighted by Crippen LogP contribution is 2.34. The fraction of sp³-hybridized carbons (Fsp3) is 0.353. The predicted octanol–water partition coefficient (Wildman–Crippen LogP) is 3.76. The fourth-order valence-electron chi connectivity index (χ4n) is 2.88. The van der Waals surface area contributed by atoms with Crippen molar-refractivity contribution in [3.63, 3.8) is 0 Å². The summed E-state index contributed by atoms with van der Waals surface area (Å²) < 4.78 is 0. The zero-order valence-corrected chi connectivity index (χ0v) is 12.2. The van der Waals surface area contributed by atoms with Gasteiger partial charge in [-0.1, -0.05) is 41.9 Å². The van der Waals surface area contributed by atoms with E-state index in [1.807, 2.05) is 29.2 Å². The van der Waals surface area contributed by atoms with Crippen LogP contribution < -0.4 is 0 Å². The van der Waals surface area contributed by atoms with Crippen LogP contribution in [-0.4, -0.2) is 23.9 Å². The molecule has 1 amide bonds. The van der Waals surface area contributed by atoms with Gasteiger partial charge in [0.25, 0.3) is 0 Å². The normalized spacial score (nSPS) is 18.8. The number of fused-ring (bicyclic) bond motifs is 1. The molecule has 2 nitrogen and oxygen atoms in total. The highest BCUT2D eigenvalue weighted by molar-refractivity contribution is 6.49. The minimum Gasteiger partial charge on any atom is -0.339 e. The molecule has 0 unspecified atom stereocenters. The Balaban J connectivity index is 1.79. The molecule has 0 aromatic heterocycles. The maximum Gasteiger partial charge on any atom is 0.246 e. The minimum absolute atomic E-state index is 0.110. The minimum atomic E-state index is 0.110. The maximum absolute atomic E-state index is 12.0. The number of benzene rings is 1. The first-order chi connectivity index (χ1) is 9.75. The van der Waals surface area contributed by atoms with Crippen LogP contribution in [0.5, 0.6) is 0 Å². The Morgan fingerprint density at radius 3 is 2.70 bits per heavy atom. The van der Waals surface area contributed by atoms with E-state index >= 15 is 0 Å². The molecule has 0 N–H and O–H groups in total. The quantitative estimate of drug-likeness (QED) is 0.759. The van der Waals surface area contributed by atoms with Crippen LogP contribution in [-0.2, 0) is 11.2 Å². The molecule has 1 aromatic carbocycles. The summed E-state index contributed by atoms with van der Waals surface area (Å²) in [6, 6.07) is 8.21. The SMILES string of the molecule is O=C(/C=C/C1=C(Cl)c2ccccc2CC1)N1CCCC1. The first kappa shape index (κ1) is 13.4. The monoisotopic (exact) mass is 287 g/mol. The molecule has 20 heavy (non-hydrogen) atoms. The van der Waals surface area contributed by atoms with Crippen LogP contribution in [0.25, 0.3) is 5.03 Å². The summed E-state index contributed by atoms with van der Waals surface area (Å²) in [6.07, 6.45) is 7.71. The summed E-state index contributed by atoms with van der Waals surface area (Å²) in [5, 5.41) is 0.789. The fourth-order valence-corrected chi connectivity index (χ4v) is 3.22. The molecule has 1 heterocycles. The van der Waals surface area contributed by atoms with E-state index in [0.29, 0.717) is 0 Å². The summed E-state index contributed by atoms with van der Waals surface area (Å²) in [5.41, 5.74) is 3.46. The predicted molar refractivity (Wildman–Crippen MR) is 82.5 cm³/mol. The first-order valence-corrected chi connectivity index (χ1v) is 7.57. The lowest BCUT2D eigenvalue weighted by Crippen LogP contribution is -2.25. The average Bonchev–Trinajstić information content (AvgIpc) is 3.01. The van der Waals surface area contributed by atoms with E-state index in [0.717, 1.165) is 54.9 Å². The van der Waals surface area contributed by atoms with Crippen LogP contribution in [0.1, 0.15) is 30.4 Å². The number of halogens is 1. The summed E-state index contributed by atoms with van der Waals surface area (Å²) in [7, 11) is 0. The van der Waals surface area contributed by atoms with Gasteiger partial charge in [0.1, 0.15) is 0 Å². The Morgan fingerprint density at radius 1 is 1.15 bits per heavy atom. The molecule has 1 saturated heterocycles. The molecular formula is C17H18ClNO. The van der Waals surface area contributed by atoms with Crippen LogP contribution in [0.15, 0.2) is 42.0 Å². The van der Waals surface area contributed by atoms with E-state index in [4.69, 9.17) is 11.6 Å². The van der Waals surface area contributed by atoms with Crippen molar-refractivity contribution in [3.8, 4) is 0 Å². The summed E-state index contributed by atoms with van der Waals surface area (Å²) >= 11 is 6.46. The molecule has 1 aromatic rings. The Labute approximate surface area is 124 Å². The zero-order valence-electron chi connectivity index (χ0n) is 11.4. The van der Waals surface area contributed by atoms with Gasteiger partial charge in [-0.15, -0.1) is 0 Å². The number of carbonyl (C=O) groups excluding carboxylic acids is 1. The smallest absolute Gasteiger partial charge is 0.246 e. The summed E-state index contributed by atoms with van der Waals surface area (Å²) in [6.45, 7) is 1.78. The topological polar surface area (TPSA) is 20.3 Å². The number of amides is 1. The summed E-state index contributed by atoms with van der Waals surface area (Å²) in [4.78, 5) is 13.9. The van der Waals surface area contributed by atoms with E-state index in [2.05, 4.69) is 6.07 Å². The Kier molecular flexibility index (Phi) is 3.93. The van der Waals surface area contributed by atoms with Crippen molar-refractivity contribution in [3.05, 3.63) is 53.1 Å². The average molecular weight is 288 g/mol. The number of nitrogens with zero attached hydrogens (tertiary/aromatic N) is 1. The number of hydrogen-bond acceptors (Lipinski definition) is 1. The van der Waals surface area contributed by atoms with E-state index in [9.17, 15) is 4.79 Å². The van der Waals surface area contributed by atoms with Gasteiger partial charge in [0.2, 0.25) is 5.91 Å². The lowest BCUT2D eigenvalue weighted by Gasteiger charge is -2.18. The highest BCUT2D eigenvalue weighted by atomic mass is 35.5. The molecule has 3 heteroatoms. The number of aryl methyl sites for hydroxylation is 1. The third kappa shape index (κ3) is 2.66. The van der Waals surface area contributed by atoms with Gasteiger partial charge in [0, 0.05) is 19.2 Å². The number of allylic oxidation sites excluding steroid dienone is 2. The number of hydrogen-bond donors (Lipinski definition) is 0. The molecule has 2 aliphatic rings. The molecule has 0 radical (unpaired) electrons. The van der Waals surface area contributed by atoms with Gasteiger partial charge in [-0.05, 0) is 42.4 Å². The number of rotatable bonds is 2. The van der Waals surface area contributed by atoms with Crippen molar-refractivity contribution < 1.29 is 4.79 Å². The summed E-state index contributed by atoms with van der Waals surface area (Å²) in [5.74, 6) is 0.110. The van der Waals surface area contributed by atoms with Crippen LogP contribution in [0, 0.1) is 0 Å². The lowest BCUT2D eigenvalue weighted by atomic mass is 9.92. The molecule has 1 aliphatic heterocycles. The Bertz CT molecular complexity index is 582. The molecule has 3 rings (SSSR count). The van der Waals surface area contributed by atoms with Gasteiger partial charge in [-0.25, -0.2) is 0 Å². The highest BCUT2D eigenvalue weighted by Gasteiger charge is 2.17. The third-order valence-electron chi connectivity index (χ3n) is 4.04. The van der Waals surface area contributed by atoms with Gasteiger partial charge in [0.05, 0.1) is 5.03 Å². The molecule has 1 fully saturated rings. The first-order valence-electron chi connectivity index (χ1n) is 7.19. The maximum atomic E-state index is 12.0. The molecular weight excluding hydrogens is 270 g/mol. The zero-order chi connectivity index (χ0) is 13.9. The van der Waals surface area contributed by atoms with Gasteiger partial charge in [-0.3, -0.25) is 4.79 Å². The van der Waals surface area contributed by atoms with E-state index in [1.54, 1.807) is 6.08 Å². The van der Waals surface area contributed by atoms with E-state index < -0.39 is 0 Å². The Hall–Kier alpha value is -1.54. The molecule has 1 aliphatic carbocycles. The van der Waals surface area contributed by atoms with Gasteiger partial charge >= 0.3 is 0 Å². The number of likely N-dealkylation sites (tertiary alicyclic amines) is 1. The second-order valence-corrected chi connectivity index (χ2v) is 5.74. The molecule has 0 atom stereocenters. The third-order valence-corrected chi connectivity index (χ3v) is 4.49. The molecule has 0 saturated carbocycles. The van der Waals surface area contributed by atoms with Crippen molar-refractivity contribution in [2.24, 2.45) is 0 Å². The van der Waals surface area contributed by atoms with Crippen LogP contribution >= 0.6 is 11.6 Å². The van der Waals surface area contributed by atoms with Crippen LogP contribution in [0.4, 0.5) is 0 Å². The van der Waals surface area contributed by atoms with Gasteiger partial charge < -0.3 is 4.90 Å². The standard InChI is InChI=1S/C17H18ClNO/c18-17-14(8-7-13-5-1-2-6-15(13)17)9-10-16(20)19-11-3-4-12-19/h1-2,5-6,9-10H,3-4,7-8,11-12H2/b10-9+. The molecule has 0 spiro atoms. The second-order valence-electron chi connectivity index (χ2n) is 5.36. The second kappa shape index (κ2) is 5.84. The van der Waals surface area contributed by atoms with Crippen LogP contribution in [0.3, 0.4) is 0 Å². The van der Waals surface area contributed by atoms with E-state index in [-0.39, 0.29) is 5.91 Å².